The van der Waals surface area contributed by atoms with Crippen LogP contribution >= 0.6 is 0 Å². The normalized spacial score (nSPS) is 11.5. The number of anilines is 3. The fourth-order valence-electron chi connectivity index (χ4n) is 9.53. The van der Waals surface area contributed by atoms with Crippen LogP contribution in [0.2, 0.25) is 0 Å². The molecule has 63 heavy (non-hydrogen) atoms. The Bertz CT molecular complexity index is 3550. The second-order valence-electron chi connectivity index (χ2n) is 16.1. The Morgan fingerprint density at radius 2 is 0.905 bits per heavy atom. The molecular formula is C60H40N2O. The lowest BCUT2D eigenvalue weighted by molar-refractivity contribution is 0.670. The average molecular weight is 805 g/mol. The zero-order valence-electron chi connectivity index (χ0n) is 34.4. The molecule has 0 fully saturated rings. The van der Waals surface area contributed by atoms with Crippen LogP contribution in [0.3, 0.4) is 0 Å². The summed E-state index contributed by atoms with van der Waals surface area (Å²) < 4.78 is 9.07. The number of rotatable bonds is 8. The molecule has 3 nitrogen and oxygen atoms in total. The summed E-state index contributed by atoms with van der Waals surface area (Å²) in [5.74, 6) is 0. The van der Waals surface area contributed by atoms with E-state index in [0.29, 0.717) is 0 Å². The van der Waals surface area contributed by atoms with E-state index in [0.717, 1.165) is 100 Å². The molecule has 0 radical (unpaired) electrons. The summed E-state index contributed by atoms with van der Waals surface area (Å²) in [4.78, 5) is 2.47. The Hall–Kier alpha value is -8.40. The molecule has 2 heterocycles. The third-order valence-electron chi connectivity index (χ3n) is 12.4. The van der Waals surface area contributed by atoms with Crippen molar-refractivity contribution in [3.05, 3.63) is 243 Å². The van der Waals surface area contributed by atoms with Crippen molar-refractivity contribution in [3.8, 4) is 50.2 Å². The highest BCUT2D eigenvalue weighted by Gasteiger charge is 2.24. The molecule has 12 aromatic rings. The third kappa shape index (κ3) is 6.29. The van der Waals surface area contributed by atoms with Crippen LogP contribution in [0.5, 0.6) is 0 Å². The Kier molecular flexibility index (Phi) is 8.83. The Morgan fingerprint density at radius 3 is 1.62 bits per heavy atom. The van der Waals surface area contributed by atoms with Gasteiger partial charge >= 0.3 is 0 Å². The fraction of sp³-hybridized carbons (Fsp3) is 0. The quantitative estimate of drug-likeness (QED) is 0.153. The minimum atomic E-state index is 0.888. The van der Waals surface area contributed by atoms with Crippen molar-refractivity contribution in [3.63, 3.8) is 0 Å². The predicted molar refractivity (Wildman–Crippen MR) is 264 cm³/mol. The van der Waals surface area contributed by atoms with Gasteiger partial charge in [0.05, 0.1) is 16.7 Å². The van der Waals surface area contributed by atoms with E-state index in [1.165, 1.54) is 10.8 Å². The fourth-order valence-corrected chi connectivity index (χ4v) is 9.53. The van der Waals surface area contributed by atoms with Crippen molar-refractivity contribution in [1.82, 2.24) is 4.57 Å². The van der Waals surface area contributed by atoms with Gasteiger partial charge in [-0.3, -0.25) is 0 Å². The largest absolute Gasteiger partial charge is 0.455 e. The monoisotopic (exact) mass is 804 g/mol. The van der Waals surface area contributed by atoms with Gasteiger partial charge in [0, 0.05) is 44.2 Å². The average Bonchev–Trinajstić information content (AvgIpc) is 3.92. The number of hydrogen-bond acceptors (Lipinski definition) is 2. The molecule has 0 saturated carbocycles. The molecule has 12 rings (SSSR count). The lowest BCUT2D eigenvalue weighted by Crippen LogP contribution is -2.11. The van der Waals surface area contributed by atoms with Crippen LogP contribution in [-0.4, -0.2) is 4.57 Å². The minimum Gasteiger partial charge on any atom is -0.455 e. The van der Waals surface area contributed by atoms with Crippen LogP contribution in [0, 0.1) is 0 Å². The zero-order chi connectivity index (χ0) is 41.7. The van der Waals surface area contributed by atoms with Crippen molar-refractivity contribution < 1.29 is 4.42 Å². The van der Waals surface area contributed by atoms with Crippen molar-refractivity contribution in [2.75, 3.05) is 4.90 Å². The van der Waals surface area contributed by atoms with Gasteiger partial charge in [0.15, 0.2) is 0 Å². The van der Waals surface area contributed by atoms with Crippen LogP contribution in [0.15, 0.2) is 247 Å². The summed E-state index contributed by atoms with van der Waals surface area (Å²) in [6, 6.07) is 87.3. The second-order valence-corrected chi connectivity index (χ2v) is 16.1. The second kappa shape index (κ2) is 15.3. The van der Waals surface area contributed by atoms with E-state index in [9.17, 15) is 0 Å². The molecule has 0 saturated heterocycles. The van der Waals surface area contributed by atoms with Crippen molar-refractivity contribution in [1.29, 1.82) is 0 Å². The van der Waals surface area contributed by atoms with Crippen LogP contribution in [0.25, 0.3) is 93.9 Å². The van der Waals surface area contributed by atoms with Gasteiger partial charge in [0.1, 0.15) is 11.2 Å². The Morgan fingerprint density at radius 1 is 0.333 bits per heavy atom. The molecule has 0 N–H and O–H groups in total. The highest BCUT2D eigenvalue weighted by Crippen LogP contribution is 2.48. The number of nitrogens with zero attached hydrogens (tertiary/aromatic N) is 2. The topological polar surface area (TPSA) is 21.3 Å². The van der Waals surface area contributed by atoms with Crippen LogP contribution in [0.4, 0.5) is 17.1 Å². The van der Waals surface area contributed by atoms with Crippen molar-refractivity contribution in [2.45, 2.75) is 0 Å². The van der Waals surface area contributed by atoms with Gasteiger partial charge in [0.25, 0.3) is 0 Å². The van der Waals surface area contributed by atoms with Gasteiger partial charge in [-0.15, -0.1) is 0 Å². The van der Waals surface area contributed by atoms with Gasteiger partial charge in [-0.1, -0.05) is 176 Å². The molecule has 0 bridgehead atoms. The molecule has 3 heteroatoms. The maximum absolute atomic E-state index is 6.67. The summed E-state index contributed by atoms with van der Waals surface area (Å²) >= 11 is 0. The lowest BCUT2D eigenvalue weighted by atomic mass is 9.92. The first kappa shape index (κ1) is 36.5. The van der Waals surface area contributed by atoms with Gasteiger partial charge in [-0.05, 0) is 106 Å². The van der Waals surface area contributed by atoms with Crippen LogP contribution in [0.1, 0.15) is 0 Å². The van der Waals surface area contributed by atoms with Gasteiger partial charge in [0.2, 0.25) is 0 Å². The molecule has 0 aliphatic heterocycles. The number of benzene rings is 10. The van der Waals surface area contributed by atoms with E-state index >= 15 is 0 Å². The Labute approximate surface area is 366 Å². The number of fused-ring (bicyclic) bond motifs is 6. The van der Waals surface area contributed by atoms with E-state index in [1.54, 1.807) is 0 Å². The molecule has 0 aliphatic carbocycles. The van der Waals surface area contributed by atoms with E-state index < -0.39 is 0 Å². The van der Waals surface area contributed by atoms with Gasteiger partial charge in [-0.25, -0.2) is 0 Å². The summed E-state index contributed by atoms with van der Waals surface area (Å²) in [6.45, 7) is 0. The van der Waals surface area contributed by atoms with Gasteiger partial charge in [-0.2, -0.15) is 0 Å². The molecule has 0 spiro atoms. The van der Waals surface area contributed by atoms with Crippen LogP contribution in [-0.2, 0) is 0 Å². The van der Waals surface area contributed by atoms with E-state index in [1.807, 2.05) is 6.07 Å². The first-order chi connectivity index (χ1) is 31.3. The highest BCUT2D eigenvalue weighted by molar-refractivity contribution is 6.17. The van der Waals surface area contributed by atoms with E-state index in [4.69, 9.17) is 4.42 Å². The SMILES string of the molecule is c1ccc(-c2cc(-c3ccccc3)cc(N(c3ccc(-c4cccc5c4oc4ccccc45)c(-c4ccccc4)c3)c3cccc4c3c3ccccc3n4-c3ccccc3)c2)cc1. The maximum Gasteiger partial charge on any atom is 0.143 e. The smallest absolute Gasteiger partial charge is 0.143 e. The summed E-state index contributed by atoms with van der Waals surface area (Å²) in [6.07, 6.45) is 0. The number of hydrogen-bond donors (Lipinski definition) is 0. The first-order valence-electron chi connectivity index (χ1n) is 21.5. The third-order valence-corrected chi connectivity index (χ3v) is 12.4. The Balaban J connectivity index is 1.17. The van der Waals surface area contributed by atoms with E-state index in [2.05, 4.69) is 246 Å². The minimum absolute atomic E-state index is 0.888. The predicted octanol–water partition coefficient (Wildman–Crippen LogP) is 16.8. The summed E-state index contributed by atoms with van der Waals surface area (Å²) in [5.41, 5.74) is 17.4. The highest BCUT2D eigenvalue weighted by atomic mass is 16.3. The van der Waals surface area contributed by atoms with Crippen molar-refractivity contribution in [2.24, 2.45) is 0 Å². The molecule has 296 valence electrons. The molecule has 0 atom stereocenters. The molecular weight excluding hydrogens is 765 g/mol. The maximum atomic E-state index is 6.67. The number of aromatic nitrogens is 1. The lowest BCUT2D eigenvalue weighted by Gasteiger charge is -2.29. The van der Waals surface area contributed by atoms with Gasteiger partial charge < -0.3 is 13.9 Å². The first-order valence-corrected chi connectivity index (χ1v) is 21.5. The van der Waals surface area contributed by atoms with E-state index in [-0.39, 0.29) is 0 Å². The zero-order valence-corrected chi connectivity index (χ0v) is 34.4. The molecule has 0 unspecified atom stereocenters. The molecule has 10 aromatic carbocycles. The van der Waals surface area contributed by atoms with Crippen molar-refractivity contribution >= 4 is 60.8 Å². The summed E-state index contributed by atoms with van der Waals surface area (Å²) in [5, 5.41) is 4.60. The molecule has 0 amide bonds. The summed E-state index contributed by atoms with van der Waals surface area (Å²) in [7, 11) is 0. The number of furan rings is 1. The molecule has 2 aromatic heterocycles. The standard InChI is InChI=1S/C60H40N2O/c1-5-19-41(20-6-1)44-37-45(42-21-7-2-8-22-42)39-48(38-44)61(56-32-18-33-57-59(56)53-28-13-15-31-55(53)62(57)46-25-11-4-12-26-46)47-35-36-49(54(40-47)43-23-9-3-10-24-43)51-29-17-30-52-50-27-14-16-34-58(50)63-60(51)52/h1-40H. The molecule has 0 aliphatic rings. The van der Waals surface area contributed by atoms with Crippen LogP contribution < -0.4 is 4.90 Å². The number of para-hydroxylation sites is 4.